The second-order valence-electron chi connectivity index (χ2n) is 5.29. The lowest BCUT2D eigenvalue weighted by molar-refractivity contribution is 0.0998. The molecule has 130 valence electrons. The molecule has 3 aromatic heterocycles. The van der Waals surface area contributed by atoms with Gasteiger partial charge in [0.2, 0.25) is 9.84 Å². The fraction of sp³-hybridized carbons (Fsp3) is 0. The number of aromatic nitrogens is 1. The molecule has 0 aliphatic rings. The fourth-order valence-electron chi connectivity index (χ4n) is 2.48. The summed E-state index contributed by atoms with van der Waals surface area (Å²) in [5.41, 5.74) is -0.299. The van der Waals surface area contributed by atoms with Gasteiger partial charge < -0.3 is 8.94 Å². The fourth-order valence-corrected chi connectivity index (χ4v) is 4.78. The van der Waals surface area contributed by atoms with Crippen molar-refractivity contribution in [3.8, 4) is 10.6 Å². The topological polar surface area (TPSA) is 90.4 Å². The van der Waals surface area contributed by atoms with Crippen LogP contribution in [0.25, 0.3) is 10.6 Å². The van der Waals surface area contributed by atoms with Crippen LogP contribution in [0.15, 0.2) is 85.0 Å². The minimum absolute atomic E-state index is 0.0134. The molecule has 3 heterocycles. The summed E-state index contributed by atoms with van der Waals surface area (Å²) in [5, 5.41) is 5.55. The van der Waals surface area contributed by atoms with E-state index in [9.17, 15) is 13.2 Å². The van der Waals surface area contributed by atoms with Crippen molar-refractivity contribution in [3.63, 3.8) is 0 Å². The van der Waals surface area contributed by atoms with Crippen molar-refractivity contribution in [2.45, 2.75) is 9.79 Å². The van der Waals surface area contributed by atoms with E-state index in [2.05, 4.69) is 5.16 Å². The highest BCUT2D eigenvalue weighted by molar-refractivity contribution is 7.91. The summed E-state index contributed by atoms with van der Waals surface area (Å²) < 4.78 is 36.8. The van der Waals surface area contributed by atoms with Gasteiger partial charge in [0.25, 0.3) is 5.78 Å². The highest BCUT2D eigenvalue weighted by Crippen LogP contribution is 2.37. The number of sulfone groups is 1. The molecule has 6 nitrogen and oxygen atoms in total. The van der Waals surface area contributed by atoms with E-state index >= 15 is 0 Å². The zero-order valence-electron chi connectivity index (χ0n) is 13.2. The summed E-state index contributed by atoms with van der Waals surface area (Å²) >= 11 is 1.29. The van der Waals surface area contributed by atoms with E-state index in [0.29, 0.717) is 4.88 Å². The maximum atomic E-state index is 13.2. The zero-order chi connectivity index (χ0) is 18.1. The molecular weight excluding hydrogens is 374 g/mol. The second kappa shape index (κ2) is 6.40. The van der Waals surface area contributed by atoms with Gasteiger partial charge >= 0.3 is 0 Å². The average molecular weight is 385 g/mol. The minimum Gasteiger partial charge on any atom is -0.461 e. The molecule has 4 rings (SSSR count). The molecule has 4 aromatic rings. The van der Waals surface area contributed by atoms with E-state index in [1.54, 1.807) is 41.8 Å². The van der Waals surface area contributed by atoms with Crippen LogP contribution in [0.1, 0.15) is 16.2 Å². The molecular formula is C18H11NO5S2. The third kappa shape index (κ3) is 2.69. The molecule has 0 fully saturated rings. The van der Waals surface area contributed by atoms with Crippen molar-refractivity contribution in [3.05, 3.63) is 77.7 Å². The Kier molecular flexibility index (Phi) is 4.06. The van der Waals surface area contributed by atoms with Gasteiger partial charge in [0, 0.05) is 0 Å². The highest BCUT2D eigenvalue weighted by Gasteiger charge is 2.35. The summed E-state index contributed by atoms with van der Waals surface area (Å²) in [4.78, 5) is 13.1. The Balaban J connectivity index is 1.97. The molecule has 0 radical (unpaired) electrons. The van der Waals surface area contributed by atoms with Gasteiger partial charge in [-0.2, -0.15) is 0 Å². The predicted molar refractivity (Wildman–Crippen MR) is 93.9 cm³/mol. The minimum atomic E-state index is -4.03. The van der Waals surface area contributed by atoms with Crippen LogP contribution in [-0.4, -0.2) is 19.4 Å². The smallest absolute Gasteiger partial charge is 0.251 e. The van der Waals surface area contributed by atoms with Crippen LogP contribution in [0.4, 0.5) is 0 Å². The Morgan fingerprint density at radius 1 is 1.00 bits per heavy atom. The molecule has 1 aromatic carbocycles. The average Bonchev–Trinajstić information content (AvgIpc) is 3.42. The Bertz CT molecular complexity index is 1140. The number of benzene rings is 1. The summed E-state index contributed by atoms with van der Waals surface area (Å²) in [6.07, 6.45) is 1.33. The van der Waals surface area contributed by atoms with E-state index < -0.39 is 15.6 Å². The van der Waals surface area contributed by atoms with Gasteiger partial charge in [-0.1, -0.05) is 29.4 Å². The van der Waals surface area contributed by atoms with E-state index in [4.69, 9.17) is 8.94 Å². The van der Waals surface area contributed by atoms with Crippen molar-refractivity contribution in [2.75, 3.05) is 0 Å². The molecule has 8 heteroatoms. The standard InChI is InChI=1S/C18H11NO5S2/c20-16(13-8-4-10-23-13)15-18(17(24-19-15)14-9-5-11-25-14)26(21,22)12-6-2-1-3-7-12/h1-11H. The van der Waals surface area contributed by atoms with Gasteiger partial charge in [-0.05, 0) is 35.7 Å². The molecule has 0 aliphatic heterocycles. The summed E-state index contributed by atoms with van der Waals surface area (Å²) in [6.45, 7) is 0. The Morgan fingerprint density at radius 2 is 1.81 bits per heavy atom. The molecule has 0 saturated heterocycles. The van der Waals surface area contributed by atoms with Crippen LogP contribution in [-0.2, 0) is 9.84 Å². The first-order valence-corrected chi connectivity index (χ1v) is 9.87. The Labute approximate surface area is 152 Å². The van der Waals surface area contributed by atoms with Gasteiger partial charge in [-0.15, -0.1) is 11.3 Å². The Hall–Kier alpha value is -2.97. The van der Waals surface area contributed by atoms with Crippen LogP contribution in [0.3, 0.4) is 0 Å². The van der Waals surface area contributed by atoms with E-state index in [-0.39, 0.29) is 27.0 Å². The molecule has 0 bridgehead atoms. The molecule has 0 aliphatic carbocycles. The summed E-state index contributed by atoms with van der Waals surface area (Å²) in [7, 11) is -4.03. The van der Waals surface area contributed by atoms with Gasteiger partial charge in [0.1, 0.15) is 0 Å². The molecule has 0 N–H and O–H groups in total. The van der Waals surface area contributed by atoms with Crippen LogP contribution in [0.5, 0.6) is 0 Å². The summed E-state index contributed by atoms with van der Waals surface area (Å²) in [5.74, 6) is -0.629. The number of hydrogen-bond acceptors (Lipinski definition) is 7. The largest absolute Gasteiger partial charge is 0.461 e. The van der Waals surface area contributed by atoms with E-state index in [1.807, 2.05) is 0 Å². The number of ketones is 1. The highest BCUT2D eigenvalue weighted by atomic mass is 32.2. The third-order valence-corrected chi connectivity index (χ3v) is 6.35. The molecule has 0 amide bonds. The van der Waals surface area contributed by atoms with Crippen LogP contribution in [0.2, 0.25) is 0 Å². The first kappa shape index (κ1) is 16.5. The second-order valence-corrected chi connectivity index (χ2v) is 8.12. The van der Waals surface area contributed by atoms with Gasteiger partial charge in [0.05, 0.1) is 16.0 Å². The first-order chi connectivity index (χ1) is 12.6. The molecule has 0 saturated carbocycles. The third-order valence-electron chi connectivity index (χ3n) is 3.68. The first-order valence-electron chi connectivity index (χ1n) is 7.51. The van der Waals surface area contributed by atoms with Crippen LogP contribution >= 0.6 is 11.3 Å². The monoisotopic (exact) mass is 385 g/mol. The van der Waals surface area contributed by atoms with Gasteiger partial charge in [-0.3, -0.25) is 4.79 Å². The lowest BCUT2D eigenvalue weighted by Gasteiger charge is -2.05. The lowest BCUT2D eigenvalue weighted by atomic mass is 10.2. The van der Waals surface area contributed by atoms with Crippen LogP contribution in [0, 0.1) is 0 Å². The number of furan rings is 1. The SMILES string of the molecule is O=C(c1ccco1)c1noc(-c2cccs2)c1S(=O)(=O)c1ccccc1. The molecule has 0 unspecified atom stereocenters. The van der Waals surface area contributed by atoms with E-state index in [1.165, 1.54) is 35.8 Å². The van der Waals surface area contributed by atoms with Crippen molar-refractivity contribution >= 4 is 27.0 Å². The maximum absolute atomic E-state index is 13.2. The quantitative estimate of drug-likeness (QED) is 0.481. The number of rotatable bonds is 5. The van der Waals surface area contributed by atoms with Crippen molar-refractivity contribution in [2.24, 2.45) is 0 Å². The van der Waals surface area contributed by atoms with Gasteiger partial charge in [0.15, 0.2) is 22.1 Å². The number of hydrogen-bond donors (Lipinski definition) is 0. The molecule has 0 spiro atoms. The Morgan fingerprint density at radius 3 is 2.46 bits per heavy atom. The summed E-state index contributed by atoms with van der Waals surface area (Å²) in [6, 6.07) is 14.3. The van der Waals surface area contributed by atoms with Crippen molar-refractivity contribution < 1.29 is 22.2 Å². The van der Waals surface area contributed by atoms with Gasteiger partial charge in [-0.25, -0.2) is 8.42 Å². The maximum Gasteiger partial charge on any atom is 0.251 e. The zero-order valence-corrected chi connectivity index (χ0v) is 14.8. The normalized spacial score (nSPS) is 11.5. The van der Waals surface area contributed by atoms with Crippen LogP contribution < -0.4 is 0 Å². The molecule has 26 heavy (non-hydrogen) atoms. The number of nitrogens with zero attached hydrogens (tertiary/aromatic N) is 1. The molecule has 0 atom stereocenters. The number of carbonyl (C=O) groups excluding carboxylic acids is 1. The van der Waals surface area contributed by atoms with E-state index in [0.717, 1.165) is 0 Å². The van der Waals surface area contributed by atoms with Crippen molar-refractivity contribution in [1.29, 1.82) is 0 Å². The predicted octanol–water partition coefficient (Wildman–Crippen LogP) is 4.06. The number of thiophene rings is 1. The lowest BCUT2D eigenvalue weighted by Crippen LogP contribution is -2.10. The number of carbonyl (C=O) groups is 1. The van der Waals surface area contributed by atoms with Crippen molar-refractivity contribution in [1.82, 2.24) is 5.16 Å².